The Morgan fingerprint density at radius 1 is 0.842 bits per heavy atom. The highest BCUT2D eigenvalue weighted by atomic mass is 16.2. The second-order valence-electron chi connectivity index (χ2n) is 3.89. The van der Waals surface area contributed by atoms with Crippen LogP contribution in [0.2, 0.25) is 0 Å². The molecule has 19 heavy (non-hydrogen) atoms. The summed E-state index contributed by atoms with van der Waals surface area (Å²) in [5.41, 5.74) is 11.9. The quantitative estimate of drug-likeness (QED) is 0.878. The average molecular weight is 255 g/mol. The molecule has 0 atom stereocenters. The van der Waals surface area contributed by atoms with Gasteiger partial charge in [-0.3, -0.25) is 9.69 Å². The van der Waals surface area contributed by atoms with E-state index in [-0.39, 0.29) is 5.56 Å². The highest BCUT2D eigenvalue weighted by Crippen LogP contribution is 2.27. The maximum atomic E-state index is 11.7. The zero-order valence-electron chi connectivity index (χ0n) is 10.1. The van der Waals surface area contributed by atoms with Crippen LogP contribution in [0.1, 0.15) is 10.4 Å². The van der Waals surface area contributed by atoms with Gasteiger partial charge < -0.3 is 11.5 Å². The average Bonchev–Trinajstić information content (AvgIpc) is 2.40. The maximum Gasteiger partial charge on any atom is 0.323 e. The minimum Gasteiger partial charge on any atom is -0.366 e. The molecular weight excluding hydrogens is 242 g/mol. The molecule has 5 nitrogen and oxygen atoms in total. The van der Waals surface area contributed by atoms with Gasteiger partial charge >= 0.3 is 6.03 Å². The third kappa shape index (κ3) is 2.55. The van der Waals surface area contributed by atoms with Crippen molar-refractivity contribution in [3.63, 3.8) is 0 Å². The van der Waals surface area contributed by atoms with E-state index in [1.54, 1.807) is 48.5 Å². The molecule has 0 heterocycles. The lowest BCUT2D eigenvalue weighted by atomic mass is 10.1. The number of hydrogen-bond acceptors (Lipinski definition) is 2. The van der Waals surface area contributed by atoms with Crippen LogP contribution in [-0.4, -0.2) is 11.9 Å². The summed E-state index contributed by atoms with van der Waals surface area (Å²) in [6.07, 6.45) is 0. The first-order valence-corrected chi connectivity index (χ1v) is 5.64. The van der Waals surface area contributed by atoms with Crippen molar-refractivity contribution in [1.29, 1.82) is 0 Å². The molecule has 0 saturated heterocycles. The Morgan fingerprint density at radius 3 is 2.00 bits per heavy atom. The molecule has 0 saturated carbocycles. The summed E-state index contributed by atoms with van der Waals surface area (Å²) < 4.78 is 0. The van der Waals surface area contributed by atoms with Crippen LogP contribution in [0.4, 0.5) is 16.2 Å². The summed E-state index contributed by atoms with van der Waals surface area (Å²) >= 11 is 0. The van der Waals surface area contributed by atoms with E-state index in [4.69, 9.17) is 11.5 Å². The van der Waals surface area contributed by atoms with Gasteiger partial charge in [-0.1, -0.05) is 30.3 Å². The lowest BCUT2D eigenvalue weighted by Crippen LogP contribution is -2.33. The number of hydrogen-bond donors (Lipinski definition) is 2. The van der Waals surface area contributed by atoms with Crippen LogP contribution in [0.5, 0.6) is 0 Å². The molecule has 96 valence electrons. The topological polar surface area (TPSA) is 89.4 Å². The first kappa shape index (κ1) is 12.6. The molecule has 5 heteroatoms. The van der Waals surface area contributed by atoms with E-state index in [0.717, 1.165) is 0 Å². The molecule has 4 N–H and O–H groups in total. The van der Waals surface area contributed by atoms with Gasteiger partial charge in [0.25, 0.3) is 5.91 Å². The molecular formula is C14H13N3O2. The van der Waals surface area contributed by atoms with Gasteiger partial charge in [0.15, 0.2) is 0 Å². The summed E-state index contributed by atoms with van der Waals surface area (Å²) in [7, 11) is 0. The largest absolute Gasteiger partial charge is 0.366 e. The van der Waals surface area contributed by atoms with Gasteiger partial charge in [-0.05, 0) is 24.3 Å². The lowest BCUT2D eigenvalue weighted by Gasteiger charge is -2.22. The Hall–Kier alpha value is -2.82. The minimum absolute atomic E-state index is 0.241. The van der Waals surface area contributed by atoms with Crippen molar-refractivity contribution in [2.75, 3.05) is 4.90 Å². The number of para-hydroxylation sites is 2. The number of primary amides is 2. The number of urea groups is 1. The highest BCUT2D eigenvalue weighted by molar-refractivity contribution is 6.06. The summed E-state index contributed by atoms with van der Waals surface area (Å²) in [4.78, 5) is 24.3. The van der Waals surface area contributed by atoms with Gasteiger partial charge in [-0.2, -0.15) is 0 Å². The Kier molecular flexibility index (Phi) is 3.47. The second kappa shape index (κ2) is 5.22. The van der Waals surface area contributed by atoms with E-state index in [1.165, 1.54) is 4.90 Å². The molecule has 0 radical (unpaired) electrons. The number of carbonyl (C=O) groups excluding carboxylic acids is 2. The Labute approximate surface area is 110 Å². The third-order valence-corrected chi connectivity index (χ3v) is 2.65. The SMILES string of the molecule is NC(=O)c1ccccc1N(C(N)=O)c1ccccc1. The molecule has 2 aromatic carbocycles. The third-order valence-electron chi connectivity index (χ3n) is 2.65. The molecule has 0 spiro atoms. The standard InChI is InChI=1S/C14H13N3O2/c15-13(18)11-8-4-5-9-12(11)17(14(16)19)10-6-2-1-3-7-10/h1-9H,(H2,15,18)(H2,16,19). The number of nitrogens with zero attached hydrogens (tertiary/aromatic N) is 1. The van der Waals surface area contributed by atoms with Gasteiger partial charge in [0.1, 0.15) is 0 Å². The van der Waals surface area contributed by atoms with E-state index in [9.17, 15) is 9.59 Å². The number of carbonyl (C=O) groups is 2. The number of nitrogens with two attached hydrogens (primary N) is 2. The van der Waals surface area contributed by atoms with Crippen molar-refractivity contribution in [2.24, 2.45) is 11.5 Å². The lowest BCUT2D eigenvalue weighted by molar-refractivity contribution is 0.100. The maximum absolute atomic E-state index is 11.7. The number of anilines is 2. The van der Waals surface area contributed by atoms with Gasteiger partial charge in [-0.25, -0.2) is 4.79 Å². The van der Waals surface area contributed by atoms with E-state index < -0.39 is 11.9 Å². The van der Waals surface area contributed by atoms with E-state index in [0.29, 0.717) is 11.4 Å². The van der Waals surface area contributed by atoms with Crippen molar-refractivity contribution in [2.45, 2.75) is 0 Å². The Balaban J connectivity index is 2.59. The van der Waals surface area contributed by atoms with Crippen LogP contribution in [-0.2, 0) is 0 Å². The van der Waals surface area contributed by atoms with E-state index in [1.807, 2.05) is 6.07 Å². The fourth-order valence-electron chi connectivity index (χ4n) is 1.84. The van der Waals surface area contributed by atoms with Crippen molar-refractivity contribution < 1.29 is 9.59 Å². The number of amides is 3. The highest BCUT2D eigenvalue weighted by Gasteiger charge is 2.19. The summed E-state index contributed by atoms with van der Waals surface area (Å²) in [6, 6.07) is 14.7. The van der Waals surface area contributed by atoms with Crippen LogP contribution < -0.4 is 16.4 Å². The molecule has 0 aliphatic rings. The minimum atomic E-state index is -0.681. The van der Waals surface area contributed by atoms with E-state index in [2.05, 4.69) is 0 Å². The summed E-state index contributed by atoms with van der Waals surface area (Å²) in [5, 5.41) is 0. The fraction of sp³-hybridized carbons (Fsp3) is 0. The predicted octanol–water partition coefficient (Wildman–Crippen LogP) is 2.00. The van der Waals surface area contributed by atoms with Crippen LogP contribution in [0.15, 0.2) is 54.6 Å². The molecule has 0 aliphatic heterocycles. The van der Waals surface area contributed by atoms with E-state index >= 15 is 0 Å². The zero-order valence-corrected chi connectivity index (χ0v) is 10.1. The smallest absolute Gasteiger partial charge is 0.323 e. The molecule has 2 rings (SSSR count). The monoisotopic (exact) mass is 255 g/mol. The molecule has 3 amide bonds. The Morgan fingerprint density at radius 2 is 1.42 bits per heavy atom. The van der Waals surface area contributed by atoms with Crippen molar-refractivity contribution in [3.05, 3.63) is 60.2 Å². The van der Waals surface area contributed by atoms with Gasteiger partial charge in [-0.15, -0.1) is 0 Å². The van der Waals surface area contributed by atoms with Crippen molar-refractivity contribution in [1.82, 2.24) is 0 Å². The zero-order chi connectivity index (χ0) is 13.8. The first-order chi connectivity index (χ1) is 9.11. The molecule has 0 fully saturated rings. The van der Waals surface area contributed by atoms with Crippen LogP contribution in [0.3, 0.4) is 0 Å². The van der Waals surface area contributed by atoms with Crippen molar-refractivity contribution in [3.8, 4) is 0 Å². The molecule has 2 aromatic rings. The molecule has 0 aliphatic carbocycles. The number of rotatable bonds is 3. The summed E-state index contributed by atoms with van der Waals surface area (Å²) in [6.45, 7) is 0. The summed E-state index contributed by atoms with van der Waals surface area (Å²) in [5.74, 6) is -0.613. The van der Waals surface area contributed by atoms with Gasteiger partial charge in [0.2, 0.25) is 0 Å². The first-order valence-electron chi connectivity index (χ1n) is 5.64. The van der Waals surface area contributed by atoms with Crippen LogP contribution >= 0.6 is 0 Å². The predicted molar refractivity (Wildman–Crippen MR) is 73.1 cm³/mol. The molecule has 0 unspecified atom stereocenters. The van der Waals surface area contributed by atoms with Gasteiger partial charge in [0, 0.05) is 0 Å². The fourth-order valence-corrected chi connectivity index (χ4v) is 1.84. The normalized spacial score (nSPS) is 9.89. The van der Waals surface area contributed by atoms with Gasteiger partial charge in [0.05, 0.1) is 16.9 Å². The molecule has 0 bridgehead atoms. The molecule has 0 aromatic heterocycles. The number of benzene rings is 2. The Bertz CT molecular complexity index is 611. The van der Waals surface area contributed by atoms with Crippen LogP contribution in [0.25, 0.3) is 0 Å². The van der Waals surface area contributed by atoms with Crippen molar-refractivity contribution >= 4 is 23.3 Å². The van der Waals surface area contributed by atoms with Crippen LogP contribution in [0, 0.1) is 0 Å². The second-order valence-corrected chi connectivity index (χ2v) is 3.89.